The van der Waals surface area contributed by atoms with Crippen LogP contribution < -0.4 is 10.2 Å². The maximum absolute atomic E-state index is 13.2. The molecule has 172 valence electrons. The van der Waals surface area contributed by atoms with E-state index in [1.165, 1.54) is 5.56 Å². The quantitative estimate of drug-likeness (QED) is 0.420. The number of benzene rings is 2. The van der Waals surface area contributed by atoms with Gasteiger partial charge in [0.1, 0.15) is 5.01 Å². The van der Waals surface area contributed by atoms with Gasteiger partial charge in [0.25, 0.3) is 0 Å². The molecule has 1 aliphatic rings. The Balaban J connectivity index is 1.42. The number of nitrogens with one attached hydrogen (secondary N) is 1. The zero-order chi connectivity index (χ0) is 23.3. The van der Waals surface area contributed by atoms with E-state index in [-0.39, 0.29) is 12.3 Å². The predicted molar refractivity (Wildman–Crippen MR) is 137 cm³/mol. The lowest BCUT2D eigenvalue weighted by atomic mass is 10.1. The van der Waals surface area contributed by atoms with Crippen LogP contribution in [0.3, 0.4) is 0 Å². The van der Waals surface area contributed by atoms with E-state index >= 15 is 0 Å². The van der Waals surface area contributed by atoms with Gasteiger partial charge in [-0.2, -0.15) is 0 Å². The Morgan fingerprint density at radius 3 is 2.59 bits per heavy atom. The second-order valence-corrected chi connectivity index (χ2v) is 9.32. The van der Waals surface area contributed by atoms with Crippen molar-refractivity contribution in [2.45, 2.75) is 13.3 Å². The van der Waals surface area contributed by atoms with E-state index in [4.69, 9.17) is 9.72 Å². The van der Waals surface area contributed by atoms with Crippen LogP contribution in [0.4, 0.5) is 11.4 Å². The van der Waals surface area contributed by atoms with Crippen LogP contribution in [-0.4, -0.2) is 42.2 Å². The average molecular weight is 471 g/mol. The highest BCUT2D eigenvalue weighted by molar-refractivity contribution is 7.15. The van der Waals surface area contributed by atoms with E-state index in [2.05, 4.69) is 46.4 Å². The molecule has 0 unspecified atom stereocenters. The van der Waals surface area contributed by atoms with Gasteiger partial charge in [-0.15, -0.1) is 11.3 Å². The summed E-state index contributed by atoms with van der Waals surface area (Å²) in [6, 6.07) is 20.1. The van der Waals surface area contributed by atoms with Gasteiger partial charge in [0.2, 0.25) is 5.91 Å². The Morgan fingerprint density at radius 2 is 1.82 bits per heavy atom. The van der Waals surface area contributed by atoms with Crippen molar-refractivity contribution >= 4 is 28.6 Å². The summed E-state index contributed by atoms with van der Waals surface area (Å²) in [4.78, 5) is 25.5. The van der Waals surface area contributed by atoms with Crippen LogP contribution in [0.1, 0.15) is 10.4 Å². The van der Waals surface area contributed by atoms with Gasteiger partial charge in [-0.1, -0.05) is 42.0 Å². The van der Waals surface area contributed by atoms with Gasteiger partial charge < -0.3 is 15.0 Å². The molecule has 0 radical (unpaired) electrons. The van der Waals surface area contributed by atoms with E-state index in [0.29, 0.717) is 13.2 Å². The van der Waals surface area contributed by atoms with Gasteiger partial charge in [-0.3, -0.25) is 9.78 Å². The molecule has 0 bridgehead atoms. The first kappa shape index (κ1) is 22.3. The summed E-state index contributed by atoms with van der Waals surface area (Å²) >= 11 is 1.54. The molecule has 0 aliphatic carbocycles. The van der Waals surface area contributed by atoms with Crippen LogP contribution >= 0.6 is 11.3 Å². The highest BCUT2D eigenvalue weighted by Gasteiger charge is 2.19. The Morgan fingerprint density at radius 1 is 1.03 bits per heavy atom. The lowest BCUT2D eigenvalue weighted by molar-refractivity contribution is -0.115. The van der Waals surface area contributed by atoms with Gasteiger partial charge >= 0.3 is 0 Å². The van der Waals surface area contributed by atoms with Crippen molar-refractivity contribution < 1.29 is 9.53 Å². The first-order valence-electron chi connectivity index (χ1n) is 11.4. The van der Waals surface area contributed by atoms with Gasteiger partial charge in [-0.05, 0) is 31.2 Å². The fraction of sp³-hybridized carbons (Fsp3) is 0.222. The lowest BCUT2D eigenvalue weighted by Crippen LogP contribution is -2.36. The van der Waals surface area contributed by atoms with Gasteiger partial charge in [0, 0.05) is 41.5 Å². The average Bonchev–Trinajstić information content (AvgIpc) is 3.29. The number of pyridine rings is 1. The number of amides is 1. The van der Waals surface area contributed by atoms with Crippen molar-refractivity contribution in [1.29, 1.82) is 0 Å². The van der Waals surface area contributed by atoms with E-state index in [9.17, 15) is 4.79 Å². The zero-order valence-corrected chi connectivity index (χ0v) is 19.8. The minimum atomic E-state index is -0.0598. The van der Waals surface area contributed by atoms with Crippen LogP contribution in [0.5, 0.6) is 0 Å². The van der Waals surface area contributed by atoms with Crippen molar-refractivity contribution in [3.8, 4) is 21.8 Å². The van der Waals surface area contributed by atoms with Gasteiger partial charge in [0.15, 0.2) is 0 Å². The molecule has 3 heterocycles. The first-order valence-corrected chi connectivity index (χ1v) is 12.2. The largest absolute Gasteiger partial charge is 0.378 e. The number of aromatic nitrogens is 2. The molecule has 1 saturated heterocycles. The van der Waals surface area contributed by atoms with Gasteiger partial charge in [0.05, 0.1) is 36.7 Å². The summed E-state index contributed by atoms with van der Waals surface area (Å²) in [6.45, 7) is 5.08. The summed E-state index contributed by atoms with van der Waals surface area (Å²) in [5.41, 5.74) is 5.84. The minimum absolute atomic E-state index is 0.0598. The van der Waals surface area contributed by atoms with Crippen molar-refractivity contribution in [3.63, 3.8) is 0 Å². The van der Waals surface area contributed by atoms with E-state index in [1.807, 2.05) is 36.4 Å². The van der Waals surface area contributed by atoms with Crippen molar-refractivity contribution in [2.24, 2.45) is 0 Å². The number of nitrogens with zero attached hydrogens (tertiary/aromatic N) is 3. The Hall–Kier alpha value is -3.55. The summed E-state index contributed by atoms with van der Waals surface area (Å²) in [5, 5.41) is 4.00. The second-order valence-electron chi connectivity index (χ2n) is 8.24. The SMILES string of the molecule is Cc1ccc(-c2nc(-c3cccnc3)sc2CC(=O)Nc2ccccc2N2CCOCC2)cc1. The number of hydrogen-bond acceptors (Lipinski definition) is 6. The Bertz CT molecular complexity index is 1270. The molecule has 7 heteroatoms. The Kier molecular flexibility index (Phi) is 6.65. The van der Waals surface area contributed by atoms with Crippen LogP contribution in [0.2, 0.25) is 0 Å². The van der Waals surface area contributed by atoms with Crippen molar-refractivity contribution in [1.82, 2.24) is 9.97 Å². The number of hydrogen-bond donors (Lipinski definition) is 1. The monoisotopic (exact) mass is 470 g/mol. The van der Waals surface area contributed by atoms with E-state index < -0.39 is 0 Å². The number of carbonyl (C=O) groups excluding carboxylic acids is 1. The van der Waals surface area contributed by atoms with E-state index in [1.54, 1.807) is 23.7 Å². The third-order valence-electron chi connectivity index (χ3n) is 5.78. The molecule has 0 saturated carbocycles. The fourth-order valence-electron chi connectivity index (χ4n) is 4.02. The first-order chi connectivity index (χ1) is 16.7. The minimum Gasteiger partial charge on any atom is -0.378 e. The standard InChI is InChI=1S/C27H26N4O2S/c1-19-8-10-20(11-9-19)26-24(34-27(30-26)21-5-4-12-28-18-21)17-25(32)29-22-6-2-3-7-23(22)31-13-15-33-16-14-31/h2-12,18H,13-17H2,1H3,(H,29,32). The molecule has 2 aromatic carbocycles. The molecule has 6 nitrogen and oxygen atoms in total. The number of para-hydroxylation sites is 2. The smallest absolute Gasteiger partial charge is 0.229 e. The molecule has 2 aromatic heterocycles. The van der Waals surface area contributed by atoms with Crippen LogP contribution in [0, 0.1) is 6.92 Å². The summed E-state index contributed by atoms with van der Waals surface area (Å²) < 4.78 is 5.48. The normalized spacial score (nSPS) is 13.6. The molecule has 0 spiro atoms. The molecule has 1 fully saturated rings. The summed E-state index contributed by atoms with van der Waals surface area (Å²) in [6.07, 6.45) is 3.80. The number of anilines is 2. The molecule has 5 rings (SSSR count). The fourth-order valence-corrected chi connectivity index (χ4v) is 5.09. The van der Waals surface area contributed by atoms with Gasteiger partial charge in [-0.25, -0.2) is 4.98 Å². The number of thiazole rings is 1. The number of rotatable bonds is 6. The summed E-state index contributed by atoms with van der Waals surface area (Å²) in [5.74, 6) is -0.0598. The number of ether oxygens (including phenoxy) is 1. The third-order valence-corrected chi connectivity index (χ3v) is 6.89. The number of morpholine rings is 1. The topological polar surface area (TPSA) is 67.4 Å². The van der Waals surface area contributed by atoms with E-state index in [0.717, 1.165) is 51.2 Å². The highest BCUT2D eigenvalue weighted by atomic mass is 32.1. The molecule has 1 amide bonds. The van der Waals surface area contributed by atoms with Crippen LogP contribution in [0.15, 0.2) is 73.1 Å². The third kappa shape index (κ3) is 5.00. The van der Waals surface area contributed by atoms with Crippen LogP contribution in [-0.2, 0) is 16.0 Å². The molecular weight excluding hydrogens is 444 g/mol. The molecule has 34 heavy (non-hydrogen) atoms. The lowest BCUT2D eigenvalue weighted by Gasteiger charge is -2.30. The molecule has 0 atom stereocenters. The number of carbonyl (C=O) groups is 1. The second kappa shape index (κ2) is 10.2. The number of aryl methyl sites for hydroxylation is 1. The zero-order valence-electron chi connectivity index (χ0n) is 19.0. The van der Waals surface area contributed by atoms with Crippen LogP contribution in [0.25, 0.3) is 21.8 Å². The molecule has 1 aliphatic heterocycles. The molecule has 1 N–H and O–H groups in total. The predicted octanol–water partition coefficient (Wildman–Crippen LogP) is 5.20. The van der Waals surface area contributed by atoms with Crippen molar-refractivity contribution in [2.75, 3.05) is 36.5 Å². The molecule has 4 aromatic rings. The highest BCUT2D eigenvalue weighted by Crippen LogP contribution is 2.35. The summed E-state index contributed by atoms with van der Waals surface area (Å²) in [7, 11) is 0. The Labute approximate surface area is 203 Å². The van der Waals surface area contributed by atoms with Crippen molar-refractivity contribution in [3.05, 3.63) is 83.5 Å². The maximum Gasteiger partial charge on any atom is 0.229 e. The maximum atomic E-state index is 13.2. The molecular formula is C27H26N4O2S.